The van der Waals surface area contributed by atoms with E-state index in [1.54, 1.807) is 30.2 Å². The minimum absolute atomic E-state index is 0.419. The van der Waals surface area contributed by atoms with Crippen molar-refractivity contribution in [3.63, 3.8) is 0 Å². The summed E-state index contributed by atoms with van der Waals surface area (Å²) in [5.74, 6) is 0. The average molecular weight is 254 g/mol. The lowest BCUT2D eigenvalue weighted by molar-refractivity contribution is 0.203. The minimum atomic E-state index is 0.419. The van der Waals surface area contributed by atoms with E-state index < -0.39 is 0 Å². The SMILES string of the molecule is COCC(C)Sc1nc2ccc(N)cc2s1. The summed E-state index contributed by atoms with van der Waals surface area (Å²) in [6, 6.07) is 5.82. The molecule has 0 radical (unpaired) electrons. The largest absolute Gasteiger partial charge is 0.399 e. The third-order valence-electron chi connectivity index (χ3n) is 2.10. The Hall–Kier alpha value is -0.780. The maximum atomic E-state index is 5.73. The average Bonchev–Trinajstić information content (AvgIpc) is 2.59. The lowest BCUT2D eigenvalue weighted by Gasteiger charge is -2.05. The Morgan fingerprint density at radius 3 is 3.12 bits per heavy atom. The van der Waals surface area contributed by atoms with Crippen molar-refractivity contribution in [2.75, 3.05) is 19.5 Å². The third-order valence-corrected chi connectivity index (χ3v) is 4.28. The Morgan fingerprint density at radius 2 is 2.38 bits per heavy atom. The van der Waals surface area contributed by atoms with Gasteiger partial charge in [0.05, 0.1) is 16.8 Å². The highest BCUT2D eigenvalue weighted by Gasteiger charge is 2.09. The van der Waals surface area contributed by atoms with Crippen molar-refractivity contribution < 1.29 is 4.74 Å². The summed E-state index contributed by atoms with van der Waals surface area (Å²) in [6.45, 7) is 2.87. The molecule has 86 valence electrons. The molecule has 16 heavy (non-hydrogen) atoms. The van der Waals surface area contributed by atoms with E-state index in [0.29, 0.717) is 5.25 Å². The number of benzene rings is 1. The second kappa shape index (κ2) is 5.03. The second-order valence-corrected chi connectivity index (χ2v) is 6.31. The van der Waals surface area contributed by atoms with E-state index >= 15 is 0 Å². The van der Waals surface area contributed by atoms with Crippen LogP contribution in [0.5, 0.6) is 0 Å². The molecule has 0 aliphatic heterocycles. The molecule has 1 heterocycles. The first-order valence-corrected chi connectivity index (χ1v) is 6.70. The molecular weight excluding hydrogens is 240 g/mol. The molecule has 0 spiro atoms. The molecule has 2 aromatic rings. The van der Waals surface area contributed by atoms with Gasteiger partial charge in [0.15, 0.2) is 4.34 Å². The number of fused-ring (bicyclic) bond motifs is 1. The molecule has 1 aromatic heterocycles. The maximum Gasteiger partial charge on any atom is 0.151 e. The predicted octanol–water partition coefficient (Wildman–Crippen LogP) is 3.01. The molecular formula is C11H14N2OS2. The molecule has 1 aromatic carbocycles. The van der Waals surface area contributed by atoms with E-state index in [1.165, 1.54) is 0 Å². The summed E-state index contributed by atoms with van der Waals surface area (Å²) >= 11 is 3.42. The van der Waals surface area contributed by atoms with Crippen LogP contribution in [0.2, 0.25) is 0 Å². The number of hydrogen-bond acceptors (Lipinski definition) is 5. The van der Waals surface area contributed by atoms with Gasteiger partial charge in [-0.2, -0.15) is 0 Å². The van der Waals surface area contributed by atoms with Gasteiger partial charge in [0, 0.05) is 18.0 Å². The fraction of sp³-hybridized carbons (Fsp3) is 0.364. The van der Waals surface area contributed by atoms with Gasteiger partial charge in [-0.25, -0.2) is 4.98 Å². The molecule has 2 N–H and O–H groups in total. The summed E-state index contributed by atoms with van der Waals surface area (Å²) in [5.41, 5.74) is 7.54. The quantitative estimate of drug-likeness (QED) is 0.673. The molecule has 5 heteroatoms. The van der Waals surface area contributed by atoms with Crippen molar-refractivity contribution in [2.45, 2.75) is 16.5 Å². The number of thioether (sulfide) groups is 1. The zero-order valence-corrected chi connectivity index (χ0v) is 10.9. The Bertz CT molecular complexity index is 484. The van der Waals surface area contributed by atoms with Crippen molar-refractivity contribution in [2.24, 2.45) is 0 Å². The first-order valence-electron chi connectivity index (χ1n) is 5.00. The van der Waals surface area contributed by atoms with Crippen molar-refractivity contribution in [1.29, 1.82) is 0 Å². The lowest BCUT2D eigenvalue weighted by atomic mass is 10.3. The summed E-state index contributed by atoms with van der Waals surface area (Å²) in [4.78, 5) is 4.55. The first kappa shape index (κ1) is 11.7. The van der Waals surface area contributed by atoms with Crippen LogP contribution in [0.4, 0.5) is 5.69 Å². The molecule has 0 aliphatic carbocycles. The topological polar surface area (TPSA) is 48.1 Å². The number of hydrogen-bond donors (Lipinski definition) is 1. The molecule has 0 bridgehead atoms. The molecule has 1 atom stereocenters. The van der Waals surface area contributed by atoms with Crippen molar-refractivity contribution in [3.05, 3.63) is 18.2 Å². The van der Waals surface area contributed by atoms with Gasteiger partial charge in [-0.1, -0.05) is 18.7 Å². The number of nitrogen functional groups attached to an aromatic ring is 1. The molecule has 1 unspecified atom stereocenters. The highest BCUT2D eigenvalue weighted by atomic mass is 32.2. The van der Waals surface area contributed by atoms with E-state index in [9.17, 15) is 0 Å². The Labute approximate surface area is 103 Å². The summed E-state index contributed by atoms with van der Waals surface area (Å²) in [6.07, 6.45) is 0. The van der Waals surface area contributed by atoms with Crippen LogP contribution in [0.15, 0.2) is 22.5 Å². The number of ether oxygens (including phenoxy) is 1. The Balaban J connectivity index is 2.19. The van der Waals surface area contributed by atoms with E-state index in [0.717, 1.165) is 26.9 Å². The van der Waals surface area contributed by atoms with Crippen LogP contribution in [0.3, 0.4) is 0 Å². The third kappa shape index (κ3) is 2.66. The van der Waals surface area contributed by atoms with Crippen molar-refractivity contribution in [1.82, 2.24) is 4.98 Å². The maximum absolute atomic E-state index is 5.73. The van der Waals surface area contributed by atoms with Crippen molar-refractivity contribution in [3.8, 4) is 0 Å². The number of nitrogens with two attached hydrogens (primary N) is 1. The van der Waals surface area contributed by atoms with E-state index in [1.807, 2.05) is 18.2 Å². The van der Waals surface area contributed by atoms with Gasteiger partial charge in [0.25, 0.3) is 0 Å². The molecule has 0 saturated carbocycles. The normalized spacial score (nSPS) is 13.1. The first-order chi connectivity index (χ1) is 7.69. The standard InChI is InChI=1S/C11H14N2OS2/c1-7(6-14-2)15-11-13-9-4-3-8(12)5-10(9)16-11/h3-5,7H,6,12H2,1-2H3. The number of nitrogens with zero attached hydrogens (tertiary/aromatic N) is 1. The van der Waals surface area contributed by atoms with Crippen LogP contribution in [-0.2, 0) is 4.74 Å². The monoisotopic (exact) mass is 254 g/mol. The van der Waals surface area contributed by atoms with Gasteiger partial charge in [0.2, 0.25) is 0 Å². The van der Waals surface area contributed by atoms with Crippen molar-refractivity contribution >= 4 is 39.0 Å². The highest BCUT2D eigenvalue weighted by molar-refractivity contribution is 8.01. The van der Waals surface area contributed by atoms with Gasteiger partial charge in [-0.3, -0.25) is 0 Å². The second-order valence-electron chi connectivity index (χ2n) is 3.59. The fourth-order valence-electron chi connectivity index (χ4n) is 1.41. The van der Waals surface area contributed by atoms with Gasteiger partial charge in [-0.15, -0.1) is 11.3 Å². The van der Waals surface area contributed by atoms with Crippen LogP contribution in [0.1, 0.15) is 6.92 Å². The van der Waals surface area contributed by atoms with Crippen LogP contribution in [-0.4, -0.2) is 24.0 Å². The van der Waals surface area contributed by atoms with Gasteiger partial charge in [-0.05, 0) is 18.2 Å². The minimum Gasteiger partial charge on any atom is -0.399 e. The summed E-state index contributed by atoms with van der Waals surface area (Å²) < 4.78 is 7.32. The van der Waals surface area contributed by atoms with Gasteiger partial charge < -0.3 is 10.5 Å². The molecule has 0 fully saturated rings. The van der Waals surface area contributed by atoms with E-state index in [4.69, 9.17) is 10.5 Å². The lowest BCUT2D eigenvalue weighted by Crippen LogP contribution is -2.04. The Morgan fingerprint density at radius 1 is 1.56 bits per heavy atom. The Kier molecular flexibility index (Phi) is 3.68. The van der Waals surface area contributed by atoms with Crippen LogP contribution < -0.4 is 5.73 Å². The number of aromatic nitrogens is 1. The number of methoxy groups -OCH3 is 1. The van der Waals surface area contributed by atoms with E-state index in [-0.39, 0.29) is 0 Å². The predicted molar refractivity (Wildman–Crippen MR) is 71.2 cm³/mol. The smallest absolute Gasteiger partial charge is 0.151 e. The van der Waals surface area contributed by atoms with Crippen LogP contribution in [0.25, 0.3) is 10.2 Å². The molecule has 0 aliphatic rings. The molecule has 2 rings (SSSR count). The number of thiazole rings is 1. The zero-order valence-electron chi connectivity index (χ0n) is 9.27. The van der Waals surface area contributed by atoms with Crippen LogP contribution in [0, 0.1) is 0 Å². The summed E-state index contributed by atoms with van der Waals surface area (Å²) in [7, 11) is 1.72. The number of rotatable bonds is 4. The van der Waals surface area contributed by atoms with Gasteiger partial charge >= 0.3 is 0 Å². The van der Waals surface area contributed by atoms with Gasteiger partial charge in [0.1, 0.15) is 0 Å². The van der Waals surface area contributed by atoms with Crippen LogP contribution >= 0.6 is 23.1 Å². The molecule has 3 nitrogen and oxygen atoms in total. The van der Waals surface area contributed by atoms with E-state index in [2.05, 4.69) is 11.9 Å². The highest BCUT2D eigenvalue weighted by Crippen LogP contribution is 2.32. The molecule has 0 amide bonds. The molecule has 0 saturated heterocycles. The number of anilines is 1. The summed E-state index contributed by atoms with van der Waals surface area (Å²) in [5, 5.41) is 0.419. The zero-order chi connectivity index (χ0) is 11.5. The fourth-order valence-corrected chi connectivity index (χ4v) is 3.81.